The van der Waals surface area contributed by atoms with Gasteiger partial charge in [-0.1, -0.05) is 6.07 Å². The second kappa shape index (κ2) is 7.63. The number of benzene rings is 1. The van der Waals surface area contributed by atoms with Gasteiger partial charge in [-0.05, 0) is 33.6 Å². The smallest absolute Gasteiger partial charge is 0.315 e. The molecule has 0 saturated carbocycles. The highest BCUT2D eigenvalue weighted by molar-refractivity contribution is 9.10. The van der Waals surface area contributed by atoms with Crippen LogP contribution in [0.5, 0.6) is 5.75 Å². The van der Waals surface area contributed by atoms with Crippen molar-refractivity contribution in [1.29, 1.82) is 0 Å². The minimum atomic E-state index is -0.445. The van der Waals surface area contributed by atoms with E-state index in [-0.39, 0.29) is 19.0 Å². The quantitative estimate of drug-likeness (QED) is 0.730. The van der Waals surface area contributed by atoms with Gasteiger partial charge in [0, 0.05) is 19.5 Å². The van der Waals surface area contributed by atoms with Crippen molar-refractivity contribution < 1.29 is 14.3 Å². The number of ether oxygens (including phenoxy) is 1. The van der Waals surface area contributed by atoms with Crippen molar-refractivity contribution in [3.63, 3.8) is 0 Å². The molecule has 104 valence electrons. The lowest BCUT2D eigenvalue weighted by atomic mass is 10.2. The molecule has 0 aliphatic carbocycles. The number of carbonyl (C=O) groups excluding carboxylic acids is 2. The molecule has 0 saturated heterocycles. The van der Waals surface area contributed by atoms with Crippen LogP contribution in [0.2, 0.25) is 0 Å². The van der Waals surface area contributed by atoms with Gasteiger partial charge in [0.2, 0.25) is 5.91 Å². The standard InChI is InChI=1S/C12H16BrN3O3/c1-19-10-3-2-8(6-9(10)13)7-16-12(18)15-5-4-11(14)17/h2-3,6H,4-5,7H2,1H3,(H2,14,17)(H2,15,16,18). The van der Waals surface area contributed by atoms with Gasteiger partial charge < -0.3 is 21.1 Å². The van der Waals surface area contributed by atoms with Gasteiger partial charge >= 0.3 is 6.03 Å². The molecule has 0 heterocycles. The second-order valence-corrected chi connectivity index (χ2v) is 4.65. The van der Waals surface area contributed by atoms with E-state index in [1.807, 2.05) is 18.2 Å². The number of hydrogen-bond donors (Lipinski definition) is 3. The number of nitrogens with two attached hydrogens (primary N) is 1. The zero-order valence-corrected chi connectivity index (χ0v) is 12.1. The van der Waals surface area contributed by atoms with Crippen molar-refractivity contribution in [2.75, 3.05) is 13.7 Å². The molecule has 3 amide bonds. The average Bonchev–Trinajstić information content (AvgIpc) is 2.36. The SMILES string of the molecule is COc1ccc(CNC(=O)NCCC(N)=O)cc1Br. The van der Waals surface area contributed by atoms with Crippen molar-refractivity contribution in [2.24, 2.45) is 5.73 Å². The van der Waals surface area contributed by atoms with Gasteiger partial charge in [-0.3, -0.25) is 4.79 Å². The maximum atomic E-state index is 11.4. The van der Waals surface area contributed by atoms with E-state index in [0.29, 0.717) is 6.54 Å². The number of hydrogen-bond acceptors (Lipinski definition) is 3. The lowest BCUT2D eigenvalue weighted by Gasteiger charge is -2.08. The van der Waals surface area contributed by atoms with Gasteiger partial charge in [0.15, 0.2) is 0 Å². The highest BCUT2D eigenvalue weighted by Crippen LogP contribution is 2.25. The van der Waals surface area contributed by atoms with Crippen LogP contribution in [0.15, 0.2) is 22.7 Å². The second-order valence-electron chi connectivity index (χ2n) is 3.79. The molecule has 4 N–H and O–H groups in total. The fourth-order valence-electron chi connectivity index (χ4n) is 1.36. The predicted molar refractivity (Wildman–Crippen MR) is 74.7 cm³/mol. The molecule has 0 radical (unpaired) electrons. The number of methoxy groups -OCH3 is 1. The molecule has 0 fully saturated rings. The Morgan fingerprint density at radius 1 is 1.37 bits per heavy atom. The molecule has 0 aliphatic rings. The molecule has 1 rings (SSSR count). The fourth-order valence-corrected chi connectivity index (χ4v) is 1.95. The van der Waals surface area contributed by atoms with Crippen LogP contribution in [-0.2, 0) is 11.3 Å². The summed E-state index contributed by atoms with van der Waals surface area (Å²) in [6, 6.07) is 5.19. The van der Waals surface area contributed by atoms with E-state index in [1.54, 1.807) is 7.11 Å². The van der Waals surface area contributed by atoms with Crippen molar-refractivity contribution in [3.05, 3.63) is 28.2 Å². The average molecular weight is 330 g/mol. The summed E-state index contributed by atoms with van der Waals surface area (Å²) < 4.78 is 5.93. The highest BCUT2D eigenvalue weighted by Gasteiger charge is 2.04. The monoisotopic (exact) mass is 329 g/mol. The third-order valence-corrected chi connectivity index (χ3v) is 2.95. The Bertz CT molecular complexity index is 466. The van der Waals surface area contributed by atoms with Crippen LogP contribution in [0.1, 0.15) is 12.0 Å². The number of amides is 3. The Morgan fingerprint density at radius 2 is 2.11 bits per heavy atom. The molecule has 1 aromatic carbocycles. The number of urea groups is 1. The van der Waals surface area contributed by atoms with E-state index in [4.69, 9.17) is 10.5 Å². The molecule has 1 aromatic rings. The van der Waals surface area contributed by atoms with Crippen LogP contribution in [0.3, 0.4) is 0 Å². The third kappa shape index (κ3) is 5.60. The number of primary amides is 1. The first kappa shape index (κ1) is 15.3. The first-order valence-corrected chi connectivity index (χ1v) is 6.44. The normalized spacial score (nSPS) is 9.79. The van der Waals surface area contributed by atoms with E-state index in [0.717, 1.165) is 15.8 Å². The Morgan fingerprint density at radius 3 is 2.68 bits per heavy atom. The van der Waals surface area contributed by atoms with Gasteiger partial charge in [0.1, 0.15) is 5.75 Å². The van der Waals surface area contributed by atoms with E-state index < -0.39 is 5.91 Å². The Labute approximate surface area is 119 Å². The predicted octanol–water partition coefficient (Wildman–Crippen LogP) is 1.13. The van der Waals surface area contributed by atoms with Crippen LogP contribution in [0, 0.1) is 0 Å². The molecule has 0 atom stereocenters. The zero-order valence-electron chi connectivity index (χ0n) is 10.5. The first-order chi connectivity index (χ1) is 9.02. The zero-order chi connectivity index (χ0) is 14.3. The molecule has 0 spiro atoms. The van der Waals surface area contributed by atoms with Crippen LogP contribution in [-0.4, -0.2) is 25.6 Å². The van der Waals surface area contributed by atoms with E-state index in [9.17, 15) is 9.59 Å². The molecule has 0 aromatic heterocycles. The minimum absolute atomic E-state index is 0.126. The van der Waals surface area contributed by atoms with E-state index in [1.165, 1.54) is 0 Å². The van der Waals surface area contributed by atoms with Crippen molar-refractivity contribution in [3.8, 4) is 5.75 Å². The van der Waals surface area contributed by atoms with Crippen molar-refractivity contribution in [1.82, 2.24) is 10.6 Å². The summed E-state index contributed by atoms with van der Waals surface area (Å²) in [5.74, 6) is 0.286. The number of halogens is 1. The van der Waals surface area contributed by atoms with Gasteiger partial charge in [0.05, 0.1) is 11.6 Å². The number of nitrogens with one attached hydrogen (secondary N) is 2. The van der Waals surface area contributed by atoms with Gasteiger partial charge in [0.25, 0.3) is 0 Å². The number of carbonyl (C=O) groups is 2. The van der Waals surface area contributed by atoms with E-state index in [2.05, 4.69) is 26.6 Å². The van der Waals surface area contributed by atoms with Gasteiger partial charge in [-0.25, -0.2) is 4.79 Å². The molecular formula is C12H16BrN3O3. The third-order valence-electron chi connectivity index (χ3n) is 2.33. The van der Waals surface area contributed by atoms with Crippen LogP contribution >= 0.6 is 15.9 Å². The minimum Gasteiger partial charge on any atom is -0.496 e. The summed E-state index contributed by atoms with van der Waals surface area (Å²) in [7, 11) is 1.59. The summed E-state index contributed by atoms with van der Waals surface area (Å²) in [6.07, 6.45) is 0.126. The Balaban J connectivity index is 2.37. The summed E-state index contributed by atoms with van der Waals surface area (Å²) >= 11 is 3.37. The van der Waals surface area contributed by atoms with Crippen molar-refractivity contribution >= 4 is 27.9 Å². The molecule has 19 heavy (non-hydrogen) atoms. The summed E-state index contributed by atoms with van der Waals surface area (Å²) in [6.45, 7) is 0.610. The van der Waals surface area contributed by atoms with Crippen molar-refractivity contribution in [2.45, 2.75) is 13.0 Å². The summed E-state index contributed by atoms with van der Waals surface area (Å²) in [5, 5.41) is 5.21. The Kier molecular flexibility index (Phi) is 6.14. The van der Waals surface area contributed by atoms with Crippen LogP contribution < -0.4 is 21.1 Å². The molecular weight excluding hydrogens is 314 g/mol. The largest absolute Gasteiger partial charge is 0.496 e. The maximum Gasteiger partial charge on any atom is 0.315 e. The van der Waals surface area contributed by atoms with Gasteiger partial charge in [-0.15, -0.1) is 0 Å². The molecule has 7 heteroatoms. The van der Waals surface area contributed by atoms with Crippen LogP contribution in [0.25, 0.3) is 0 Å². The highest BCUT2D eigenvalue weighted by atomic mass is 79.9. The lowest BCUT2D eigenvalue weighted by Crippen LogP contribution is -2.36. The lowest BCUT2D eigenvalue weighted by molar-refractivity contribution is -0.117. The number of rotatable bonds is 6. The first-order valence-electron chi connectivity index (χ1n) is 5.65. The summed E-state index contributed by atoms with van der Waals surface area (Å²) in [4.78, 5) is 21.9. The molecule has 0 aliphatic heterocycles. The fraction of sp³-hybridized carbons (Fsp3) is 0.333. The molecule has 0 bridgehead atoms. The topological polar surface area (TPSA) is 93.4 Å². The van der Waals surface area contributed by atoms with E-state index >= 15 is 0 Å². The van der Waals surface area contributed by atoms with Crippen LogP contribution in [0.4, 0.5) is 4.79 Å². The summed E-state index contributed by atoms with van der Waals surface area (Å²) in [5.41, 5.74) is 5.89. The molecule has 6 nitrogen and oxygen atoms in total. The van der Waals surface area contributed by atoms with Gasteiger partial charge in [-0.2, -0.15) is 0 Å². The molecule has 0 unspecified atom stereocenters. The Hall–Kier alpha value is -1.76. The maximum absolute atomic E-state index is 11.4.